The number of aromatic nitrogens is 1. The van der Waals surface area contributed by atoms with Crippen LogP contribution in [-0.2, 0) is 20.8 Å². The standard InChI is InChI=1S/C18H26N2O4/c1-13-4-3-5-14(19-13)11-20-9-8-18(23-2)7-6-15(10-16(18)20)24-12-17(21)22/h3-5,15-16H,6-12H2,1-2H3,(H,21,22)/t15-,16+,18-/m1/s1. The molecule has 3 rings (SSSR count). The van der Waals surface area contributed by atoms with Crippen LogP contribution in [-0.4, -0.2) is 59.0 Å². The van der Waals surface area contributed by atoms with E-state index in [4.69, 9.17) is 14.6 Å². The van der Waals surface area contributed by atoms with E-state index in [1.54, 1.807) is 7.11 Å². The molecule has 132 valence electrons. The Morgan fingerprint density at radius 3 is 3.00 bits per heavy atom. The van der Waals surface area contributed by atoms with Crippen molar-refractivity contribution in [3.05, 3.63) is 29.6 Å². The van der Waals surface area contributed by atoms with Gasteiger partial charge in [-0.15, -0.1) is 0 Å². The molecule has 1 aliphatic carbocycles. The zero-order chi connectivity index (χ0) is 17.2. The highest BCUT2D eigenvalue weighted by atomic mass is 16.5. The van der Waals surface area contributed by atoms with Crippen molar-refractivity contribution in [1.29, 1.82) is 0 Å². The second-order valence-corrected chi connectivity index (χ2v) is 6.88. The van der Waals surface area contributed by atoms with Gasteiger partial charge in [0.05, 0.1) is 17.4 Å². The lowest BCUT2D eigenvalue weighted by Crippen LogP contribution is -2.51. The van der Waals surface area contributed by atoms with Gasteiger partial charge < -0.3 is 14.6 Å². The number of ether oxygens (including phenoxy) is 2. The van der Waals surface area contributed by atoms with Crippen molar-refractivity contribution in [2.24, 2.45) is 0 Å². The number of aryl methyl sites for hydroxylation is 1. The number of carbonyl (C=O) groups is 1. The van der Waals surface area contributed by atoms with Crippen molar-refractivity contribution in [2.75, 3.05) is 20.3 Å². The first-order valence-electron chi connectivity index (χ1n) is 8.57. The minimum Gasteiger partial charge on any atom is -0.480 e. The fourth-order valence-corrected chi connectivity index (χ4v) is 4.18. The summed E-state index contributed by atoms with van der Waals surface area (Å²) in [5, 5.41) is 8.83. The van der Waals surface area contributed by atoms with Crippen LogP contribution in [0.2, 0.25) is 0 Å². The van der Waals surface area contributed by atoms with E-state index in [9.17, 15) is 4.79 Å². The predicted molar refractivity (Wildman–Crippen MR) is 88.8 cm³/mol. The van der Waals surface area contributed by atoms with Crippen LogP contribution in [0.4, 0.5) is 0 Å². The highest BCUT2D eigenvalue weighted by molar-refractivity contribution is 5.68. The summed E-state index contributed by atoms with van der Waals surface area (Å²) in [6.45, 7) is 3.54. The van der Waals surface area contributed by atoms with E-state index in [-0.39, 0.29) is 24.4 Å². The lowest BCUT2D eigenvalue weighted by Gasteiger charge is -2.43. The van der Waals surface area contributed by atoms with E-state index >= 15 is 0 Å². The first-order chi connectivity index (χ1) is 11.5. The molecule has 2 fully saturated rings. The SMILES string of the molecule is CO[C@@]12CC[C@@H](OCC(=O)O)C[C@@H]1N(Cc1cccc(C)n1)CC2. The second-order valence-electron chi connectivity index (χ2n) is 6.88. The first kappa shape index (κ1) is 17.3. The maximum absolute atomic E-state index is 10.8. The molecule has 2 aliphatic rings. The van der Waals surface area contributed by atoms with Gasteiger partial charge in [0.25, 0.3) is 0 Å². The number of hydrogen-bond acceptors (Lipinski definition) is 5. The molecule has 0 radical (unpaired) electrons. The molecule has 24 heavy (non-hydrogen) atoms. The molecular formula is C18H26N2O4. The fraction of sp³-hybridized carbons (Fsp3) is 0.667. The average molecular weight is 334 g/mol. The Labute approximate surface area is 142 Å². The molecule has 1 saturated heterocycles. The summed E-state index contributed by atoms with van der Waals surface area (Å²) >= 11 is 0. The zero-order valence-corrected chi connectivity index (χ0v) is 14.4. The number of rotatable bonds is 6. The van der Waals surface area contributed by atoms with E-state index in [2.05, 4.69) is 16.0 Å². The Hall–Kier alpha value is -1.50. The van der Waals surface area contributed by atoms with Gasteiger partial charge in [-0.25, -0.2) is 4.79 Å². The van der Waals surface area contributed by atoms with Gasteiger partial charge in [-0.3, -0.25) is 9.88 Å². The first-order valence-corrected chi connectivity index (χ1v) is 8.57. The summed E-state index contributed by atoms with van der Waals surface area (Å²) in [4.78, 5) is 17.8. The Bertz CT molecular complexity index is 594. The Balaban J connectivity index is 1.70. The number of hydrogen-bond donors (Lipinski definition) is 1. The molecule has 0 bridgehead atoms. The van der Waals surface area contributed by atoms with Crippen LogP contribution in [0.15, 0.2) is 18.2 Å². The molecule has 6 heteroatoms. The summed E-state index contributed by atoms with van der Waals surface area (Å²) in [5.41, 5.74) is 1.96. The quantitative estimate of drug-likeness (QED) is 0.858. The normalized spacial score (nSPS) is 30.2. The number of carboxylic acids is 1. The van der Waals surface area contributed by atoms with Crippen LogP contribution in [0.3, 0.4) is 0 Å². The van der Waals surface area contributed by atoms with Gasteiger partial charge in [0.1, 0.15) is 6.61 Å². The zero-order valence-electron chi connectivity index (χ0n) is 14.4. The number of pyridine rings is 1. The minimum atomic E-state index is -0.911. The third-order valence-corrected chi connectivity index (χ3v) is 5.41. The van der Waals surface area contributed by atoms with Crippen molar-refractivity contribution in [3.63, 3.8) is 0 Å². The summed E-state index contributed by atoms with van der Waals surface area (Å²) < 4.78 is 11.5. The van der Waals surface area contributed by atoms with Crippen LogP contribution in [0.5, 0.6) is 0 Å². The third-order valence-electron chi connectivity index (χ3n) is 5.41. The van der Waals surface area contributed by atoms with Gasteiger partial charge in [-0.1, -0.05) is 6.07 Å². The topological polar surface area (TPSA) is 71.9 Å². The predicted octanol–water partition coefficient (Wildman–Crippen LogP) is 2.00. The number of likely N-dealkylation sites (tertiary alicyclic amines) is 1. The molecule has 0 spiro atoms. The molecule has 2 heterocycles. The fourth-order valence-electron chi connectivity index (χ4n) is 4.18. The molecule has 0 unspecified atom stereocenters. The number of fused-ring (bicyclic) bond motifs is 1. The summed E-state index contributed by atoms with van der Waals surface area (Å²) in [7, 11) is 1.79. The molecule has 1 aromatic rings. The number of nitrogens with zero attached hydrogens (tertiary/aromatic N) is 2. The van der Waals surface area contributed by atoms with E-state index in [0.717, 1.165) is 50.2 Å². The van der Waals surface area contributed by atoms with E-state index in [1.165, 1.54) is 0 Å². The highest BCUT2D eigenvalue weighted by Crippen LogP contribution is 2.43. The van der Waals surface area contributed by atoms with Gasteiger partial charge >= 0.3 is 5.97 Å². The molecule has 1 aliphatic heterocycles. The average Bonchev–Trinajstić information content (AvgIpc) is 2.92. The molecule has 1 saturated carbocycles. The van der Waals surface area contributed by atoms with E-state index in [0.29, 0.717) is 0 Å². The number of methoxy groups -OCH3 is 1. The molecule has 0 aromatic carbocycles. The lowest BCUT2D eigenvalue weighted by molar-refractivity contribution is -0.148. The van der Waals surface area contributed by atoms with Gasteiger partial charge in [0.15, 0.2) is 0 Å². The van der Waals surface area contributed by atoms with Gasteiger partial charge in [0, 0.05) is 31.9 Å². The van der Waals surface area contributed by atoms with Crippen molar-refractivity contribution < 1.29 is 19.4 Å². The minimum absolute atomic E-state index is 0.0135. The van der Waals surface area contributed by atoms with Gasteiger partial charge in [0.2, 0.25) is 0 Å². The maximum Gasteiger partial charge on any atom is 0.329 e. The Morgan fingerprint density at radius 2 is 2.29 bits per heavy atom. The lowest BCUT2D eigenvalue weighted by atomic mass is 9.79. The Morgan fingerprint density at radius 1 is 1.46 bits per heavy atom. The molecular weight excluding hydrogens is 308 g/mol. The van der Waals surface area contributed by atoms with Crippen molar-refractivity contribution in [2.45, 2.75) is 56.9 Å². The molecule has 0 amide bonds. The smallest absolute Gasteiger partial charge is 0.329 e. The van der Waals surface area contributed by atoms with Crippen LogP contribution < -0.4 is 0 Å². The van der Waals surface area contributed by atoms with Crippen LogP contribution in [0.1, 0.15) is 37.1 Å². The van der Waals surface area contributed by atoms with Crippen molar-refractivity contribution in [3.8, 4) is 0 Å². The number of carboxylic acid groups (broad SMARTS) is 1. The maximum atomic E-state index is 10.8. The third kappa shape index (κ3) is 3.61. The van der Waals surface area contributed by atoms with E-state index in [1.807, 2.05) is 19.1 Å². The summed E-state index contributed by atoms with van der Waals surface area (Å²) in [5.74, 6) is -0.911. The Kier molecular flexibility index (Phi) is 5.18. The second kappa shape index (κ2) is 7.17. The van der Waals surface area contributed by atoms with Crippen LogP contribution in [0, 0.1) is 6.92 Å². The summed E-state index contributed by atoms with van der Waals surface area (Å²) in [6.07, 6.45) is 3.57. The molecule has 3 atom stereocenters. The van der Waals surface area contributed by atoms with Crippen molar-refractivity contribution in [1.82, 2.24) is 9.88 Å². The summed E-state index contributed by atoms with van der Waals surface area (Å²) in [6, 6.07) is 6.35. The van der Waals surface area contributed by atoms with Crippen LogP contribution >= 0.6 is 0 Å². The molecule has 1 N–H and O–H groups in total. The largest absolute Gasteiger partial charge is 0.480 e. The highest BCUT2D eigenvalue weighted by Gasteiger charge is 2.51. The van der Waals surface area contributed by atoms with Gasteiger partial charge in [-0.05, 0) is 44.7 Å². The number of aliphatic carboxylic acids is 1. The molecule has 6 nitrogen and oxygen atoms in total. The van der Waals surface area contributed by atoms with Crippen LogP contribution in [0.25, 0.3) is 0 Å². The van der Waals surface area contributed by atoms with Crippen molar-refractivity contribution >= 4 is 5.97 Å². The monoisotopic (exact) mass is 334 g/mol. The molecule has 1 aromatic heterocycles. The van der Waals surface area contributed by atoms with E-state index < -0.39 is 5.97 Å². The van der Waals surface area contributed by atoms with Gasteiger partial charge in [-0.2, -0.15) is 0 Å².